The molecule has 18 heavy (non-hydrogen) atoms. The third kappa shape index (κ3) is 2.27. The maximum Gasteiger partial charge on any atom is 0.0874 e. The predicted octanol–water partition coefficient (Wildman–Crippen LogP) is 4.74. The molecule has 0 bridgehead atoms. The fraction of sp³-hybridized carbons (Fsp3) is 0.824. The van der Waals surface area contributed by atoms with Crippen molar-refractivity contribution in [1.82, 2.24) is 0 Å². The molecule has 0 spiro atoms. The molecule has 0 N–H and O–H groups in total. The lowest BCUT2D eigenvalue weighted by atomic mass is 9.59. The van der Waals surface area contributed by atoms with Crippen LogP contribution in [0.1, 0.15) is 59.3 Å². The van der Waals surface area contributed by atoms with Gasteiger partial charge >= 0.3 is 0 Å². The quantitative estimate of drug-likeness (QED) is 0.608. The minimum atomic E-state index is 0.468. The van der Waals surface area contributed by atoms with Gasteiger partial charge in [0.15, 0.2) is 0 Å². The molecule has 3 aliphatic rings. The molecule has 1 heteroatoms. The van der Waals surface area contributed by atoms with Crippen LogP contribution in [-0.2, 0) is 4.74 Å². The molecule has 1 unspecified atom stereocenters. The van der Waals surface area contributed by atoms with Crippen LogP contribution in [0, 0.1) is 29.3 Å². The largest absolute Gasteiger partial charge is 0.375 e. The lowest BCUT2D eigenvalue weighted by molar-refractivity contribution is 0.123. The van der Waals surface area contributed by atoms with E-state index in [0.717, 1.165) is 6.61 Å². The first-order valence-electron chi connectivity index (χ1n) is 7.65. The Morgan fingerprint density at radius 2 is 2.00 bits per heavy atom. The van der Waals surface area contributed by atoms with Crippen molar-refractivity contribution in [3.8, 4) is 0 Å². The van der Waals surface area contributed by atoms with Crippen LogP contribution in [0.25, 0.3) is 0 Å². The Bertz CT molecular complexity index is 355. The fourth-order valence-electron chi connectivity index (χ4n) is 4.60. The molecule has 1 aliphatic heterocycles. The molecule has 101 valence electrons. The van der Waals surface area contributed by atoms with E-state index >= 15 is 0 Å². The molecule has 1 saturated heterocycles. The summed E-state index contributed by atoms with van der Waals surface area (Å²) < 4.78 is 5.53. The molecule has 3 rings (SSSR count). The number of ether oxygens (including phenoxy) is 1. The van der Waals surface area contributed by atoms with Gasteiger partial charge in [0.2, 0.25) is 0 Å². The smallest absolute Gasteiger partial charge is 0.0874 e. The summed E-state index contributed by atoms with van der Waals surface area (Å²) >= 11 is 0. The molecule has 1 saturated carbocycles. The summed E-state index contributed by atoms with van der Waals surface area (Å²) in [7, 11) is 0. The van der Waals surface area contributed by atoms with Gasteiger partial charge < -0.3 is 4.74 Å². The van der Waals surface area contributed by atoms with Gasteiger partial charge in [0.05, 0.1) is 13.2 Å². The first kappa shape index (κ1) is 12.7. The van der Waals surface area contributed by atoms with Gasteiger partial charge in [0.25, 0.3) is 0 Å². The van der Waals surface area contributed by atoms with Gasteiger partial charge in [0.1, 0.15) is 0 Å². The Kier molecular flexibility index (Phi) is 3.09. The second-order valence-corrected chi connectivity index (χ2v) is 7.78. The standard InChI is InChI=1S/C17H27O/c1-16(2)7-4-8-17(3,12-16)15-6-5-13-10-18-11-14(13)9-15/h9-10,13-14H,4-8,11-12H2,1-3H3/t13-,14+,17?/m1/s1. The highest BCUT2D eigenvalue weighted by Gasteiger charge is 2.41. The predicted molar refractivity (Wildman–Crippen MR) is 74.9 cm³/mol. The molecule has 0 amide bonds. The summed E-state index contributed by atoms with van der Waals surface area (Å²) in [6.45, 7) is 10.4. The highest BCUT2D eigenvalue weighted by Crippen LogP contribution is 2.53. The Balaban J connectivity index is 1.81. The van der Waals surface area contributed by atoms with Crippen molar-refractivity contribution in [3.05, 3.63) is 18.3 Å². The van der Waals surface area contributed by atoms with Crippen LogP contribution in [0.3, 0.4) is 0 Å². The third-order valence-electron chi connectivity index (χ3n) is 5.50. The first-order valence-corrected chi connectivity index (χ1v) is 7.65. The number of hydrogen-bond donors (Lipinski definition) is 0. The van der Waals surface area contributed by atoms with Gasteiger partial charge in [-0.25, -0.2) is 0 Å². The summed E-state index contributed by atoms with van der Waals surface area (Å²) in [5.41, 5.74) is 2.74. The number of rotatable bonds is 1. The van der Waals surface area contributed by atoms with E-state index in [1.165, 1.54) is 38.5 Å². The van der Waals surface area contributed by atoms with E-state index in [1.54, 1.807) is 5.57 Å². The lowest BCUT2D eigenvalue weighted by Gasteiger charge is -2.46. The molecular formula is C17H27O. The lowest BCUT2D eigenvalue weighted by Crippen LogP contribution is -2.34. The second kappa shape index (κ2) is 4.37. The van der Waals surface area contributed by atoms with Gasteiger partial charge in [-0.15, -0.1) is 0 Å². The van der Waals surface area contributed by atoms with Crippen LogP contribution in [0.15, 0.2) is 11.6 Å². The van der Waals surface area contributed by atoms with Crippen molar-refractivity contribution in [3.63, 3.8) is 0 Å². The summed E-state index contributed by atoms with van der Waals surface area (Å²) in [6, 6.07) is 0. The van der Waals surface area contributed by atoms with E-state index in [-0.39, 0.29) is 0 Å². The highest BCUT2D eigenvalue weighted by atomic mass is 16.5. The number of fused-ring (bicyclic) bond motifs is 1. The van der Waals surface area contributed by atoms with Crippen molar-refractivity contribution >= 4 is 0 Å². The Hall–Kier alpha value is -0.300. The fourth-order valence-corrected chi connectivity index (χ4v) is 4.60. The number of hydrogen-bond acceptors (Lipinski definition) is 1. The normalized spacial score (nSPS) is 43.4. The molecule has 0 aromatic rings. The summed E-state index contributed by atoms with van der Waals surface area (Å²) in [6.07, 6.45) is 10.8. The van der Waals surface area contributed by atoms with Crippen LogP contribution >= 0.6 is 0 Å². The molecule has 1 heterocycles. The monoisotopic (exact) mass is 247 g/mol. The van der Waals surface area contributed by atoms with Gasteiger partial charge in [-0.2, -0.15) is 0 Å². The van der Waals surface area contributed by atoms with Crippen LogP contribution in [-0.4, -0.2) is 6.61 Å². The van der Waals surface area contributed by atoms with Gasteiger partial charge in [-0.3, -0.25) is 0 Å². The summed E-state index contributed by atoms with van der Waals surface area (Å²) in [5, 5.41) is 0. The maximum atomic E-state index is 5.53. The molecule has 1 radical (unpaired) electrons. The van der Waals surface area contributed by atoms with Crippen molar-refractivity contribution in [2.24, 2.45) is 22.7 Å². The van der Waals surface area contributed by atoms with E-state index in [1.807, 2.05) is 0 Å². The zero-order valence-electron chi connectivity index (χ0n) is 12.2. The van der Waals surface area contributed by atoms with Crippen LogP contribution < -0.4 is 0 Å². The van der Waals surface area contributed by atoms with Gasteiger partial charge in [-0.1, -0.05) is 38.8 Å². The molecule has 2 aliphatic carbocycles. The Labute approximate surface area is 112 Å². The SMILES string of the molecule is CC1(C)CCCC(C)(C2=C[C@H]3CO[CH][C@H]3CC2)C1. The van der Waals surface area contributed by atoms with Gasteiger partial charge in [0, 0.05) is 5.92 Å². The molecule has 0 aromatic carbocycles. The molecule has 3 atom stereocenters. The van der Waals surface area contributed by atoms with Crippen LogP contribution in [0.4, 0.5) is 0 Å². The minimum absolute atomic E-state index is 0.468. The molecule has 0 aromatic heterocycles. The summed E-state index contributed by atoms with van der Waals surface area (Å²) in [5.74, 6) is 1.38. The molecule has 1 nitrogen and oxygen atoms in total. The van der Waals surface area contributed by atoms with Crippen LogP contribution in [0.2, 0.25) is 0 Å². The average Bonchev–Trinajstić information content (AvgIpc) is 2.73. The average molecular weight is 247 g/mol. The van der Waals surface area contributed by atoms with E-state index in [0.29, 0.717) is 22.7 Å². The Morgan fingerprint density at radius 3 is 2.78 bits per heavy atom. The zero-order valence-corrected chi connectivity index (χ0v) is 12.2. The van der Waals surface area contributed by atoms with Crippen molar-refractivity contribution in [2.45, 2.75) is 59.3 Å². The second-order valence-electron chi connectivity index (χ2n) is 7.78. The topological polar surface area (TPSA) is 9.23 Å². The maximum absolute atomic E-state index is 5.53. The summed E-state index contributed by atoms with van der Waals surface area (Å²) in [4.78, 5) is 0. The highest BCUT2D eigenvalue weighted by molar-refractivity contribution is 5.21. The van der Waals surface area contributed by atoms with Crippen molar-refractivity contribution in [1.29, 1.82) is 0 Å². The minimum Gasteiger partial charge on any atom is -0.375 e. The third-order valence-corrected chi connectivity index (χ3v) is 5.50. The van der Waals surface area contributed by atoms with Gasteiger partial charge in [-0.05, 0) is 48.9 Å². The van der Waals surface area contributed by atoms with E-state index in [4.69, 9.17) is 4.74 Å². The van der Waals surface area contributed by atoms with E-state index in [9.17, 15) is 0 Å². The van der Waals surface area contributed by atoms with Crippen molar-refractivity contribution < 1.29 is 4.74 Å². The number of allylic oxidation sites excluding steroid dienone is 1. The van der Waals surface area contributed by atoms with E-state index in [2.05, 4.69) is 33.5 Å². The Morgan fingerprint density at radius 1 is 1.17 bits per heavy atom. The van der Waals surface area contributed by atoms with Crippen molar-refractivity contribution in [2.75, 3.05) is 6.61 Å². The zero-order chi connectivity index (χ0) is 12.8. The van der Waals surface area contributed by atoms with Crippen LogP contribution in [0.5, 0.6) is 0 Å². The first-order chi connectivity index (χ1) is 8.49. The molecular weight excluding hydrogens is 220 g/mol. The van der Waals surface area contributed by atoms with E-state index < -0.39 is 0 Å². The molecule has 2 fully saturated rings.